The van der Waals surface area contributed by atoms with Crippen molar-refractivity contribution in [2.24, 2.45) is 0 Å². The van der Waals surface area contributed by atoms with Gasteiger partial charge in [0.25, 0.3) is 5.69 Å². The highest BCUT2D eigenvalue weighted by Gasteiger charge is 2.38. The van der Waals surface area contributed by atoms with Crippen LogP contribution in [0.1, 0.15) is 56.9 Å². The number of piperazine rings is 1. The number of benzene rings is 1. The number of likely N-dealkylation sites (tertiary alicyclic amines) is 1. The average molecular weight is 512 g/mol. The number of carbonyl (C=O) groups excluding carboxylic acids is 1. The summed E-state index contributed by atoms with van der Waals surface area (Å²) in [7, 11) is 0. The quantitative estimate of drug-likeness (QED) is 0.433. The number of hydrogen-bond donors (Lipinski definition) is 1. The number of nitro groups is 1. The van der Waals surface area contributed by atoms with Gasteiger partial charge in [-0.25, -0.2) is 0 Å². The number of nitro benzene ring substituents is 1. The summed E-state index contributed by atoms with van der Waals surface area (Å²) in [4.78, 5) is 29.5. The molecule has 1 amide bonds. The normalized spacial score (nSPS) is 21.5. The van der Waals surface area contributed by atoms with E-state index < -0.39 is 22.4 Å². The van der Waals surface area contributed by atoms with Crippen molar-refractivity contribution >= 4 is 17.3 Å². The summed E-state index contributed by atoms with van der Waals surface area (Å²) in [5.74, 6) is 0.123. The Morgan fingerprint density at radius 1 is 1.00 bits per heavy atom. The van der Waals surface area contributed by atoms with E-state index in [1.165, 1.54) is 38.2 Å². The van der Waals surface area contributed by atoms with Gasteiger partial charge >= 0.3 is 6.18 Å². The monoisotopic (exact) mass is 511 g/mol. The van der Waals surface area contributed by atoms with Gasteiger partial charge in [0.1, 0.15) is 5.56 Å². The number of nitrogens with zero attached hydrogens (tertiary/aromatic N) is 4. The number of alkyl halides is 3. The summed E-state index contributed by atoms with van der Waals surface area (Å²) in [6.07, 6.45) is 3.59. The lowest BCUT2D eigenvalue weighted by Crippen LogP contribution is -2.51. The van der Waals surface area contributed by atoms with Gasteiger partial charge in [-0.15, -0.1) is 0 Å². The number of rotatable bonds is 7. The van der Waals surface area contributed by atoms with E-state index >= 15 is 0 Å². The topological polar surface area (TPSA) is 82.0 Å². The molecule has 0 bridgehead atoms. The van der Waals surface area contributed by atoms with Gasteiger partial charge in [-0.1, -0.05) is 19.3 Å². The predicted molar refractivity (Wildman–Crippen MR) is 131 cm³/mol. The molecule has 0 aromatic heterocycles. The fourth-order valence-electron chi connectivity index (χ4n) is 5.73. The molecule has 2 saturated heterocycles. The maximum absolute atomic E-state index is 13.2. The van der Waals surface area contributed by atoms with Crippen LogP contribution in [-0.2, 0) is 11.0 Å². The molecule has 11 heteroatoms. The number of amides is 1. The Hall–Kier alpha value is -2.40. The van der Waals surface area contributed by atoms with E-state index in [0.29, 0.717) is 32.4 Å². The summed E-state index contributed by atoms with van der Waals surface area (Å²) in [6.45, 7) is 6.02. The third-order valence-electron chi connectivity index (χ3n) is 7.86. The Bertz CT molecular complexity index is 907. The van der Waals surface area contributed by atoms with Gasteiger partial charge < -0.3 is 15.1 Å². The molecule has 0 spiro atoms. The first kappa shape index (κ1) is 26.7. The first-order chi connectivity index (χ1) is 17.2. The Labute approximate surface area is 209 Å². The van der Waals surface area contributed by atoms with Gasteiger partial charge in [0.05, 0.1) is 4.92 Å². The van der Waals surface area contributed by atoms with E-state index in [1.807, 2.05) is 4.90 Å². The molecule has 3 fully saturated rings. The Morgan fingerprint density at radius 2 is 1.67 bits per heavy atom. The highest BCUT2D eigenvalue weighted by molar-refractivity contribution is 5.76. The fraction of sp³-hybridized carbons (Fsp3) is 0.720. The van der Waals surface area contributed by atoms with Crippen LogP contribution in [0.4, 0.5) is 24.5 Å². The van der Waals surface area contributed by atoms with Gasteiger partial charge in [-0.3, -0.25) is 19.8 Å². The number of piperidine rings is 1. The minimum atomic E-state index is -4.81. The minimum Gasteiger partial charge on any atom is -0.382 e. The summed E-state index contributed by atoms with van der Waals surface area (Å²) in [5.41, 5.74) is -2.02. The zero-order valence-corrected chi connectivity index (χ0v) is 20.6. The van der Waals surface area contributed by atoms with Crippen molar-refractivity contribution in [3.63, 3.8) is 0 Å². The molecule has 4 rings (SSSR count). The molecule has 1 aliphatic carbocycles. The van der Waals surface area contributed by atoms with Crippen LogP contribution in [0.3, 0.4) is 0 Å². The number of carbonyl (C=O) groups is 1. The van der Waals surface area contributed by atoms with Crippen LogP contribution >= 0.6 is 0 Å². The van der Waals surface area contributed by atoms with Crippen LogP contribution in [0.5, 0.6) is 0 Å². The number of nitrogens with one attached hydrogen (secondary N) is 1. The van der Waals surface area contributed by atoms with Crippen molar-refractivity contribution in [1.82, 2.24) is 14.7 Å². The van der Waals surface area contributed by atoms with E-state index in [0.717, 1.165) is 50.9 Å². The van der Waals surface area contributed by atoms with Gasteiger partial charge in [0.15, 0.2) is 0 Å². The van der Waals surface area contributed by atoms with Crippen LogP contribution in [0.2, 0.25) is 0 Å². The van der Waals surface area contributed by atoms with Crippen LogP contribution in [0.25, 0.3) is 0 Å². The molecule has 0 atom stereocenters. The molecule has 1 aromatic rings. The molecule has 2 heterocycles. The van der Waals surface area contributed by atoms with Crippen LogP contribution in [0, 0.1) is 10.1 Å². The maximum Gasteiger partial charge on any atom is 0.423 e. The molecule has 36 heavy (non-hydrogen) atoms. The van der Waals surface area contributed by atoms with E-state index in [1.54, 1.807) is 0 Å². The second kappa shape index (κ2) is 11.8. The SMILES string of the molecule is O=C(CCN1CCN(C2CCCCC2)CC1)N1CCC(Nc2ccc([N+](=O)[O-])c(C(F)(F)F)c2)CC1. The highest BCUT2D eigenvalue weighted by atomic mass is 19.4. The molecular weight excluding hydrogens is 475 g/mol. The third kappa shape index (κ3) is 6.88. The van der Waals surface area contributed by atoms with Crippen molar-refractivity contribution in [2.75, 3.05) is 51.1 Å². The first-order valence-electron chi connectivity index (χ1n) is 13.1. The second-order valence-electron chi connectivity index (χ2n) is 10.2. The molecule has 1 aromatic carbocycles. The van der Waals surface area contributed by atoms with Crippen molar-refractivity contribution < 1.29 is 22.9 Å². The average Bonchev–Trinajstić information content (AvgIpc) is 2.88. The molecule has 3 aliphatic rings. The summed E-state index contributed by atoms with van der Waals surface area (Å²) in [5, 5.41) is 14.0. The standard InChI is InChI=1S/C25H36F3N5O3/c26-25(27,28)22-18-20(6-7-23(22)33(35)36)29-19-8-12-32(13-9-19)24(34)10-11-30-14-16-31(17-15-30)21-4-2-1-3-5-21/h6-7,18-19,21,29H,1-5,8-17H2. The molecule has 1 N–H and O–H groups in total. The molecule has 1 saturated carbocycles. The molecule has 0 radical (unpaired) electrons. The summed E-state index contributed by atoms with van der Waals surface area (Å²) in [6, 6.07) is 3.63. The molecular formula is C25H36F3N5O3. The van der Waals surface area contributed by atoms with Gasteiger partial charge in [0.2, 0.25) is 5.91 Å². The van der Waals surface area contributed by atoms with Gasteiger partial charge in [-0.2, -0.15) is 13.2 Å². The molecule has 0 unspecified atom stereocenters. The maximum atomic E-state index is 13.2. The van der Waals surface area contributed by atoms with E-state index in [9.17, 15) is 28.1 Å². The van der Waals surface area contributed by atoms with Crippen molar-refractivity contribution in [1.29, 1.82) is 0 Å². The summed E-state index contributed by atoms with van der Waals surface area (Å²) < 4.78 is 39.7. The Kier molecular flexibility index (Phi) is 8.71. The van der Waals surface area contributed by atoms with E-state index in [4.69, 9.17) is 0 Å². The van der Waals surface area contributed by atoms with E-state index in [-0.39, 0.29) is 17.6 Å². The lowest BCUT2D eigenvalue weighted by molar-refractivity contribution is -0.388. The van der Waals surface area contributed by atoms with Crippen LogP contribution < -0.4 is 5.32 Å². The fourth-order valence-corrected chi connectivity index (χ4v) is 5.73. The Balaban J connectivity index is 1.19. The third-order valence-corrected chi connectivity index (χ3v) is 7.86. The second-order valence-corrected chi connectivity index (χ2v) is 10.2. The van der Waals surface area contributed by atoms with Crippen LogP contribution in [-0.4, -0.2) is 83.4 Å². The Morgan fingerprint density at radius 3 is 2.28 bits per heavy atom. The van der Waals surface area contributed by atoms with Gasteiger partial charge in [-0.05, 0) is 37.8 Å². The molecule has 8 nitrogen and oxygen atoms in total. The van der Waals surface area contributed by atoms with Crippen LogP contribution in [0.15, 0.2) is 18.2 Å². The van der Waals surface area contributed by atoms with Gasteiger partial charge in [0, 0.05) is 76.1 Å². The molecule has 2 aliphatic heterocycles. The van der Waals surface area contributed by atoms with Crippen molar-refractivity contribution in [3.05, 3.63) is 33.9 Å². The lowest BCUT2D eigenvalue weighted by Gasteiger charge is -2.41. The smallest absolute Gasteiger partial charge is 0.382 e. The van der Waals surface area contributed by atoms with E-state index in [2.05, 4.69) is 15.1 Å². The van der Waals surface area contributed by atoms with Crippen molar-refractivity contribution in [2.45, 2.75) is 69.6 Å². The number of hydrogen-bond acceptors (Lipinski definition) is 6. The molecule has 200 valence electrons. The lowest BCUT2D eigenvalue weighted by atomic mass is 9.94. The highest BCUT2D eigenvalue weighted by Crippen LogP contribution is 2.38. The zero-order valence-electron chi connectivity index (χ0n) is 20.6. The predicted octanol–water partition coefficient (Wildman–Crippen LogP) is 4.36. The summed E-state index contributed by atoms with van der Waals surface area (Å²) >= 11 is 0. The minimum absolute atomic E-state index is 0.0931. The largest absolute Gasteiger partial charge is 0.423 e. The zero-order chi connectivity index (χ0) is 25.7. The number of anilines is 1. The van der Waals surface area contributed by atoms with Crippen molar-refractivity contribution in [3.8, 4) is 0 Å². The first-order valence-corrected chi connectivity index (χ1v) is 13.1. The number of halogens is 3.